The third-order valence-corrected chi connectivity index (χ3v) is 1.41. The van der Waals surface area contributed by atoms with Gasteiger partial charge >= 0.3 is 11.9 Å². The molecule has 88 valence electrons. The Labute approximate surface area is 91.9 Å². The van der Waals surface area contributed by atoms with Crippen molar-refractivity contribution >= 4 is 29.3 Å². The van der Waals surface area contributed by atoms with Gasteiger partial charge in [-0.25, -0.2) is 0 Å². The van der Waals surface area contributed by atoms with E-state index < -0.39 is 36.3 Å². The molecule has 6 nitrogen and oxygen atoms in total. The zero-order valence-corrected chi connectivity index (χ0v) is 9.07. The number of esters is 2. The first-order chi connectivity index (χ1) is 7.31. The number of Topliss-reactive ketones (excluding diaryl/α,β-unsaturated/α-hetero) is 3. The Balaban J connectivity index is 3.99. The van der Waals surface area contributed by atoms with Gasteiger partial charge in [0.25, 0.3) is 0 Å². The molecule has 0 atom stereocenters. The minimum absolute atomic E-state index is 0.365. The number of carbonyl (C=O) groups is 5. The van der Waals surface area contributed by atoms with E-state index in [1.165, 1.54) is 13.8 Å². The summed E-state index contributed by atoms with van der Waals surface area (Å²) in [6, 6.07) is 0. The van der Waals surface area contributed by atoms with Crippen LogP contribution in [0.4, 0.5) is 0 Å². The Kier molecular flexibility index (Phi) is 5.84. The van der Waals surface area contributed by atoms with E-state index in [1.54, 1.807) is 0 Å². The van der Waals surface area contributed by atoms with Crippen LogP contribution in [0.25, 0.3) is 0 Å². The van der Waals surface area contributed by atoms with Crippen molar-refractivity contribution in [2.24, 2.45) is 0 Å². The summed E-state index contributed by atoms with van der Waals surface area (Å²) in [4.78, 5) is 53.7. The van der Waals surface area contributed by atoms with Gasteiger partial charge in [0, 0.05) is 0 Å². The number of hydrogen-bond acceptors (Lipinski definition) is 6. The van der Waals surface area contributed by atoms with Crippen molar-refractivity contribution in [3.05, 3.63) is 0 Å². The van der Waals surface area contributed by atoms with Crippen LogP contribution in [0.15, 0.2) is 0 Å². The summed E-state index contributed by atoms with van der Waals surface area (Å²) < 4.78 is 4.18. The summed E-state index contributed by atoms with van der Waals surface area (Å²) in [6.45, 7) is 2.39. The zero-order chi connectivity index (χ0) is 12.7. The molecule has 0 N–H and O–H groups in total. The number of carbonyl (C=O) groups excluding carboxylic acids is 5. The van der Waals surface area contributed by atoms with Crippen LogP contribution < -0.4 is 0 Å². The molecule has 0 heterocycles. The molecule has 0 aliphatic carbocycles. The van der Waals surface area contributed by atoms with Gasteiger partial charge in [0.2, 0.25) is 0 Å². The molecule has 0 aliphatic heterocycles. The normalized spacial score (nSPS) is 9.38. The molecule has 0 bridgehead atoms. The fourth-order valence-corrected chi connectivity index (χ4v) is 0.904. The van der Waals surface area contributed by atoms with E-state index in [4.69, 9.17) is 0 Å². The number of hydrogen-bond donors (Lipinski definition) is 0. The van der Waals surface area contributed by atoms with Crippen molar-refractivity contribution in [2.75, 3.05) is 0 Å². The van der Waals surface area contributed by atoms with Crippen LogP contribution in [0.1, 0.15) is 33.1 Å². The molecule has 0 aliphatic rings. The van der Waals surface area contributed by atoms with Crippen LogP contribution in [0, 0.1) is 0 Å². The number of ether oxygens (including phenoxy) is 1. The lowest BCUT2D eigenvalue weighted by Crippen LogP contribution is -2.18. The summed E-state index contributed by atoms with van der Waals surface area (Å²) in [7, 11) is 0. The molecule has 6 heteroatoms. The van der Waals surface area contributed by atoms with Crippen molar-refractivity contribution in [2.45, 2.75) is 33.1 Å². The monoisotopic (exact) mass is 228 g/mol. The van der Waals surface area contributed by atoms with Gasteiger partial charge in [0.1, 0.15) is 24.4 Å². The lowest BCUT2D eigenvalue weighted by Gasteiger charge is -2.00. The molecule has 0 aromatic heterocycles. The molecule has 16 heavy (non-hydrogen) atoms. The van der Waals surface area contributed by atoms with Crippen LogP contribution in [-0.2, 0) is 28.7 Å². The molecule has 0 amide bonds. The van der Waals surface area contributed by atoms with Gasteiger partial charge in [-0.15, -0.1) is 0 Å². The lowest BCUT2D eigenvalue weighted by molar-refractivity contribution is -0.160. The highest BCUT2D eigenvalue weighted by molar-refractivity contribution is 6.07. The maximum atomic E-state index is 11.0. The zero-order valence-electron chi connectivity index (χ0n) is 9.07. The first-order valence-electron chi connectivity index (χ1n) is 4.55. The largest absolute Gasteiger partial charge is 0.392 e. The summed E-state index contributed by atoms with van der Waals surface area (Å²) in [5.74, 6) is -3.46. The van der Waals surface area contributed by atoms with Gasteiger partial charge in [-0.2, -0.15) is 0 Å². The van der Waals surface area contributed by atoms with E-state index in [2.05, 4.69) is 4.74 Å². The highest BCUT2D eigenvalue weighted by Gasteiger charge is 2.16. The predicted octanol–water partition coefficient (Wildman–Crippen LogP) is -0.0264. The molecule has 0 aromatic carbocycles. The second kappa shape index (κ2) is 6.60. The van der Waals surface area contributed by atoms with E-state index in [1.807, 2.05) is 0 Å². The van der Waals surface area contributed by atoms with Crippen LogP contribution in [0.2, 0.25) is 0 Å². The van der Waals surface area contributed by atoms with Crippen LogP contribution in [0.3, 0.4) is 0 Å². The van der Waals surface area contributed by atoms with Gasteiger partial charge in [-0.05, 0) is 13.8 Å². The van der Waals surface area contributed by atoms with Crippen LogP contribution in [-0.4, -0.2) is 29.3 Å². The minimum atomic E-state index is -1.04. The predicted molar refractivity (Wildman–Crippen MR) is 51.3 cm³/mol. The average Bonchev–Trinajstić information content (AvgIpc) is 1.97. The molecule has 0 unspecified atom stereocenters. The Morgan fingerprint density at radius 3 is 1.62 bits per heavy atom. The van der Waals surface area contributed by atoms with E-state index in [9.17, 15) is 24.0 Å². The summed E-state index contributed by atoms with van der Waals surface area (Å²) in [5.41, 5.74) is 0. The van der Waals surface area contributed by atoms with Crippen molar-refractivity contribution < 1.29 is 28.7 Å². The molecule has 0 fully saturated rings. The molecule has 0 aromatic rings. The topological polar surface area (TPSA) is 94.6 Å². The average molecular weight is 228 g/mol. The maximum Gasteiger partial charge on any atom is 0.320 e. The molecule has 0 saturated heterocycles. The molecular formula is C10H12O6. The van der Waals surface area contributed by atoms with Gasteiger partial charge in [0.05, 0.1) is 6.42 Å². The Bertz CT molecular complexity index is 309. The molecule has 0 radical (unpaired) electrons. The second-order valence-corrected chi connectivity index (χ2v) is 3.32. The minimum Gasteiger partial charge on any atom is -0.392 e. The lowest BCUT2D eigenvalue weighted by atomic mass is 10.2. The summed E-state index contributed by atoms with van der Waals surface area (Å²) >= 11 is 0. The van der Waals surface area contributed by atoms with Gasteiger partial charge in [-0.3, -0.25) is 24.0 Å². The third kappa shape index (κ3) is 7.54. The van der Waals surface area contributed by atoms with Crippen LogP contribution in [0.5, 0.6) is 0 Å². The highest BCUT2D eigenvalue weighted by atomic mass is 16.6. The Morgan fingerprint density at radius 2 is 1.19 bits per heavy atom. The van der Waals surface area contributed by atoms with E-state index in [-0.39, 0.29) is 12.2 Å². The van der Waals surface area contributed by atoms with Crippen molar-refractivity contribution in [1.29, 1.82) is 0 Å². The van der Waals surface area contributed by atoms with E-state index >= 15 is 0 Å². The van der Waals surface area contributed by atoms with Crippen molar-refractivity contribution in [3.8, 4) is 0 Å². The van der Waals surface area contributed by atoms with E-state index in [0.717, 1.165) is 0 Å². The first-order valence-corrected chi connectivity index (χ1v) is 4.55. The summed E-state index contributed by atoms with van der Waals surface area (Å²) in [6.07, 6.45) is -1.51. The van der Waals surface area contributed by atoms with Gasteiger partial charge in [0.15, 0.2) is 5.78 Å². The second-order valence-electron chi connectivity index (χ2n) is 3.32. The quantitative estimate of drug-likeness (QED) is 0.468. The first kappa shape index (κ1) is 14.2. The highest BCUT2D eigenvalue weighted by Crippen LogP contribution is 1.97. The summed E-state index contributed by atoms with van der Waals surface area (Å²) in [5, 5.41) is 0. The van der Waals surface area contributed by atoms with Crippen LogP contribution >= 0.6 is 0 Å². The fraction of sp³-hybridized carbons (Fsp3) is 0.500. The smallest absolute Gasteiger partial charge is 0.320 e. The van der Waals surface area contributed by atoms with Crippen molar-refractivity contribution in [1.82, 2.24) is 0 Å². The number of rotatable bonds is 6. The molecular weight excluding hydrogens is 216 g/mol. The Morgan fingerprint density at radius 1 is 0.750 bits per heavy atom. The SMILES string of the molecule is CC(=O)CC(=O)CC(=O)OC(=O)CC(C)=O. The molecule has 0 spiro atoms. The van der Waals surface area contributed by atoms with Gasteiger partial charge in [-0.1, -0.05) is 0 Å². The van der Waals surface area contributed by atoms with Crippen molar-refractivity contribution in [3.63, 3.8) is 0 Å². The standard InChI is InChI=1S/C10H12O6/c1-6(11)3-8(13)5-10(15)16-9(14)4-7(2)12/h3-5H2,1-2H3. The molecule has 0 rings (SSSR count). The fourth-order valence-electron chi connectivity index (χ4n) is 0.904. The third-order valence-electron chi connectivity index (χ3n) is 1.41. The Hall–Kier alpha value is -1.85. The number of ketones is 3. The van der Waals surface area contributed by atoms with Gasteiger partial charge < -0.3 is 4.74 Å². The maximum absolute atomic E-state index is 11.0. The van der Waals surface area contributed by atoms with E-state index in [0.29, 0.717) is 0 Å². The molecule has 0 saturated carbocycles.